The first-order chi connectivity index (χ1) is 8.56. The number of aromatic amines is 1. The Hall–Kier alpha value is -1.78. The lowest BCUT2D eigenvalue weighted by Gasteiger charge is -2.05. The Balaban J connectivity index is 2.27. The molecule has 0 aliphatic rings. The monoisotopic (exact) mass is 282 g/mol. The second kappa shape index (κ2) is 5.25. The number of halogens is 2. The van der Waals surface area contributed by atoms with Crippen LogP contribution in [0.25, 0.3) is 0 Å². The van der Waals surface area contributed by atoms with Crippen LogP contribution in [0.1, 0.15) is 10.4 Å². The van der Waals surface area contributed by atoms with Crippen molar-refractivity contribution in [3.63, 3.8) is 0 Å². The number of carbonyl (C=O) groups is 1. The minimum Gasteiger partial charge on any atom is -0.327 e. The summed E-state index contributed by atoms with van der Waals surface area (Å²) in [6, 6.07) is 7.94. The van der Waals surface area contributed by atoms with Crippen molar-refractivity contribution >= 4 is 34.8 Å². The number of amides is 1. The maximum absolute atomic E-state index is 11.9. The van der Waals surface area contributed by atoms with Crippen molar-refractivity contribution in [2.45, 2.75) is 0 Å². The molecule has 92 valence electrons. The molecule has 2 aromatic rings. The van der Waals surface area contributed by atoms with Gasteiger partial charge in [-0.2, -0.15) is 0 Å². The summed E-state index contributed by atoms with van der Waals surface area (Å²) in [6.45, 7) is 0. The average Bonchev–Trinajstić information content (AvgIpc) is 2.32. The van der Waals surface area contributed by atoms with Gasteiger partial charge in [0, 0.05) is 16.9 Å². The summed E-state index contributed by atoms with van der Waals surface area (Å²) in [4.78, 5) is 25.7. The third-order valence-electron chi connectivity index (χ3n) is 2.20. The molecule has 0 aliphatic carbocycles. The fourth-order valence-corrected chi connectivity index (χ4v) is 1.74. The smallest absolute Gasteiger partial charge is 0.261 e. The SMILES string of the molecule is O=C(Nc1cccc(Cl)c1)c1cc(Cl)c[nH]c1=O. The molecule has 6 heteroatoms. The van der Waals surface area contributed by atoms with E-state index in [1.807, 2.05) is 0 Å². The van der Waals surface area contributed by atoms with Gasteiger partial charge in [0.2, 0.25) is 0 Å². The zero-order valence-electron chi connectivity index (χ0n) is 9.04. The largest absolute Gasteiger partial charge is 0.327 e. The van der Waals surface area contributed by atoms with E-state index >= 15 is 0 Å². The molecule has 0 fully saturated rings. The molecular weight excluding hydrogens is 275 g/mol. The zero-order chi connectivity index (χ0) is 13.1. The molecule has 0 bridgehead atoms. The first-order valence-electron chi connectivity index (χ1n) is 5.01. The Morgan fingerprint density at radius 1 is 1.17 bits per heavy atom. The van der Waals surface area contributed by atoms with Gasteiger partial charge in [-0.25, -0.2) is 0 Å². The van der Waals surface area contributed by atoms with E-state index in [1.165, 1.54) is 12.3 Å². The average molecular weight is 283 g/mol. The van der Waals surface area contributed by atoms with Gasteiger partial charge in [0.05, 0.1) is 5.02 Å². The second-order valence-corrected chi connectivity index (χ2v) is 4.40. The minimum absolute atomic E-state index is 0.0533. The van der Waals surface area contributed by atoms with E-state index in [2.05, 4.69) is 10.3 Å². The number of rotatable bonds is 2. The van der Waals surface area contributed by atoms with E-state index in [0.717, 1.165) is 0 Å². The molecular formula is C12H8Cl2N2O2. The molecule has 0 saturated carbocycles. The quantitative estimate of drug-likeness (QED) is 0.890. The van der Waals surface area contributed by atoms with Crippen LogP contribution in [-0.2, 0) is 0 Å². The van der Waals surface area contributed by atoms with Gasteiger partial charge >= 0.3 is 0 Å². The number of nitrogens with one attached hydrogen (secondary N) is 2. The molecule has 4 nitrogen and oxygen atoms in total. The molecule has 0 unspecified atom stereocenters. The minimum atomic E-state index is -0.541. The summed E-state index contributed by atoms with van der Waals surface area (Å²) in [6.07, 6.45) is 1.32. The Morgan fingerprint density at radius 3 is 2.67 bits per heavy atom. The lowest BCUT2D eigenvalue weighted by molar-refractivity contribution is 0.102. The third kappa shape index (κ3) is 2.91. The van der Waals surface area contributed by atoms with Gasteiger partial charge in [-0.3, -0.25) is 9.59 Å². The predicted octanol–water partition coefficient (Wildman–Crippen LogP) is 2.93. The molecule has 1 heterocycles. The van der Waals surface area contributed by atoms with Crippen molar-refractivity contribution in [2.24, 2.45) is 0 Å². The van der Waals surface area contributed by atoms with Crippen LogP contribution in [0.5, 0.6) is 0 Å². The van der Waals surface area contributed by atoms with Crippen LogP contribution in [-0.4, -0.2) is 10.9 Å². The van der Waals surface area contributed by atoms with Gasteiger partial charge in [-0.05, 0) is 24.3 Å². The van der Waals surface area contributed by atoms with Crippen LogP contribution in [0.2, 0.25) is 10.0 Å². The molecule has 1 amide bonds. The van der Waals surface area contributed by atoms with Gasteiger partial charge in [0.15, 0.2) is 0 Å². The molecule has 1 aromatic heterocycles. The Morgan fingerprint density at radius 2 is 1.94 bits per heavy atom. The van der Waals surface area contributed by atoms with Crippen molar-refractivity contribution in [1.82, 2.24) is 4.98 Å². The van der Waals surface area contributed by atoms with Crippen molar-refractivity contribution in [1.29, 1.82) is 0 Å². The summed E-state index contributed by atoms with van der Waals surface area (Å²) >= 11 is 11.5. The van der Waals surface area contributed by atoms with E-state index < -0.39 is 11.5 Å². The first-order valence-corrected chi connectivity index (χ1v) is 5.77. The van der Waals surface area contributed by atoms with Crippen LogP contribution in [0.15, 0.2) is 41.3 Å². The fraction of sp³-hybridized carbons (Fsp3) is 0. The van der Waals surface area contributed by atoms with E-state index in [0.29, 0.717) is 10.7 Å². The first kappa shape index (κ1) is 12.7. The lowest BCUT2D eigenvalue weighted by atomic mass is 10.2. The third-order valence-corrected chi connectivity index (χ3v) is 2.65. The van der Waals surface area contributed by atoms with Gasteiger partial charge in [0.1, 0.15) is 5.56 Å². The molecule has 0 atom stereocenters. The summed E-state index contributed by atoms with van der Waals surface area (Å²) < 4.78 is 0. The standard InChI is InChI=1S/C12H8Cl2N2O2/c13-7-2-1-3-9(4-7)16-12(18)10-5-8(14)6-15-11(10)17/h1-6H,(H,15,17)(H,16,18). The maximum atomic E-state index is 11.9. The highest BCUT2D eigenvalue weighted by atomic mass is 35.5. The van der Waals surface area contributed by atoms with Crippen LogP contribution < -0.4 is 10.9 Å². The lowest BCUT2D eigenvalue weighted by Crippen LogP contribution is -2.22. The molecule has 2 rings (SSSR count). The molecule has 0 radical (unpaired) electrons. The number of hydrogen-bond acceptors (Lipinski definition) is 2. The molecule has 2 N–H and O–H groups in total. The van der Waals surface area contributed by atoms with Gasteiger partial charge in [-0.15, -0.1) is 0 Å². The number of aromatic nitrogens is 1. The van der Waals surface area contributed by atoms with Crippen LogP contribution in [0, 0.1) is 0 Å². The van der Waals surface area contributed by atoms with Crippen LogP contribution in [0.3, 0.4) is 0 Å². The van der Waals surface area contributed by atoms with Crippen molar-refractivity contribution in [2.75, 3.05) is 5.32 Å². The summed E-state index contributed by atoms with van der Waals surface area (Å²) in [7, 11) is 0. The molecule has 1 aromatic carbocycles. The number of anilines is 1. The van der Waals surface area contributed by atoms with Crippen molar-refractivity contribution in [3.05, 3.63) is 62.5 Å². The van der Waals surface area contributed by atoms with Gasteiger partial charge < -0.3 is 10.3 Å². The maximum Gasteiger partial charge on any atom is 0.261 e. The van der Waals surface area contributed by atoms with Gasteiger partial charge in [0.25, 0.3) is 11.5 Å². The predicted molar refractivity (Wildman–Crippen MR) is 71.5 cm³/mol. The second-order valence-electron chi connectivity index (χ2n) is 3.53. The van der Waals surface area contributed by atoms with Gasteiger partial charge in [-0.1, -0.05) is 29.3 Å². The van der Waals surface area contributed by atoms with E-state index in [4.69, 9.17) is 23.2 Å². The highest BCUT2D eigenvalue weighted by Crippen LogP contribution is 2.15. The summed E-state index contributed by atoms with van der Waals surface area (Å²) in [5.74, 6) is -0.541. The van der Waals surface area contributed by atoms with E-state index in [1.54, 1.807) is 24.3 Å². The molecule has 0 aliphatic heterocycles. The van der Waals surface area contributed by atoms with Crippen molar-refractivity contribution in [3.8, 4) is 0 Å². The number of benzene rings is 1. The number of hydrogen-bond donors (Lipinski definition) is 2. The fourth-order valence-electron chi connectivity index (χ4n) is 1.39. The normalized spacial score (nSPS) is 10.1. The molecule has 0 spiro atoms. The Kier molecular flexibility index (Phi) is 3.69. The van der Waals surface area contributed by atoms with Crippen LogP contribution >= 0.6 is 23.2 Å². The highest BCUT2D eigenvalue weighted by Gasteiger charge is 2.11. The Labute approximate surface area is 113 Å². The van der Waals surface area contributed by atoms with E-state index in [9.17, 15) is 9.59 Å². The summed E-state index contributed by atoms with van der Waals surface area (Å²) in [5, 5.41) is 3.34. The zero-order valence-corrected chi connectivity index (χ0v) is 10.5. The Bertz CT molecular complexity index is 653. The van der Waals surface area contributed by atoms with Crippen molar-refractivity contribution < 1.29 is 4.79 Å². The van der Waals surface area contributed by atoms with E-state index in [-0.39, 0.29) is 10.6 Å². The highest BCUT2D eigenvalue weighted by molar-refractivity contribution is 6.31. The number of carbonyl (C=O) groups excluding carboxylic acids is 1. The van der Waals surface area contributed by atoms with Crippen LogP contribution in [0.4, 0.5) is 5.69 Å². The number of pyridine rings is 1. The molecule has 18 heavy (non-hydrogen) atoms. The summed E-state index contributed by atoms with van der Waals surface area (Å²) in [5.41, 5.74) is -0.0479. The topological polar surface area (TPSA) is 62.0 Å². The molecule has 0 saturated heterocycles. The number of H-pyrrole nitrogens is 1.